The largest absolute Gasteiger partial charge is 0.394 e. The summed E-state index contributed by atoms with van der Waals surface area (Å²) in [6, 6.07) is 2.73. The first kappa shape index (κ1) is 24.5. The molecule has 2 aliphatic heterocycles. The second kappa shape index (κ2) is 7.92. The van der Waals surface area contributed by atoms with E-state index in [0.717, 1.165) is 17.5 Å². The highest BCUT2D eigenvalue weighted by Gasteiger charge is 2.59. The summed E-state index contributed by atoms with van der Waals surface area (Å²) in [5.41, 5.74) is 0.664. The Hall–Kier alpha value is -3.29. The van der Waals surface area contributed by atoms with Gasteiger partial charge in [-0.25, -0.2) is 15.0 Å². The van der Waals surface area contributed by atoms with Crippen LogP contribution in [0.5, 0.6) is 0 Å². The van der Waals surface area contributed by atoms with Crippen LogP contribution in [0.4, 0.5) is 5.82 Å². The SMILES string of the molecule is C[C@]12CCc3c(ccc4c3C3Nc5nc(nc6c5ncn6[C@H]5C[C@H](O)[C@@H](CO)O5)C(O)(C4=O)C3O)[C@@H]1CCC2=O. The summed E-state index contributed by atoms with van der Waals surface area (Å²) >= 11 is 0. The number of hydrogen-bond donors (Lipinski definition) is 5. The minimum Gasteiger partial charge on any atom is -0.394 e. The molecule has 4 bridgehead atoms. The molecule has 4 heterocycles. The average molecular weight is 548 g/mol. The zero-order valence-electron chi connectivity index (χ0n) is 21.7. The Morgan fingerprint density at radius 1 is 1.20 bits per heavy atom. The number of aliphatic hydroxyl groups excluding tert-OH is 3. The Kier molecular flexibility index (Phi) is 4.85. The van der Waals surface area contributed by atoms with Gasteiger partial charge in [-0.15, -0.1) is 0 Å². The van der Waals surface area contributed by atoms with E-state index in [1.165, 1.54) is 6.33 Å². The number of anilines is 1. The molecular formula is C28H29N5O7. The number of aliphatic hydroxyl groups is 4. The number of aromatic nitrogens is 4. The fraction of sp³-hybridized carbons (Fsp3) is 0.536. The third-order valence-corrected chi connectivity index (χ3v) is 10.1. The number of ketones is 2. The molecule has 1 aromatic carbocycles. The number of imidazole rings is 1. The normalized spacial score (nSPS) is 37.6. The number of carbonyl (C=O) groups excluding carboxylic acids is 2. The van der Waals surface area contributed by atoms with Crippen molar-refractivity contribution in [2.24, 2.45) is 5.41 Å². The number of Topliss-reactive ketones (excluding diaryl/α,β-unsaturated/α-hetero) is 2. The summed E-state index contributed by atoms with van der Waals surface area (Å²) < 4.78 is 7.37. The van der Waals surface area contributed by atoms with E-state index in [0.29, 0.717) is 35.9 Å². The molecule has 5 N–H and O–H groups in total. The molecule has 12 nitrogen and oxygen atoms in total. The van der Waals surface area contributed by atoms with Gasteiger partial charge in [-0.2, -0.15) is 0 Å². The number of fused-ring (bicyclic) bond motifs is 13. The van der Waals surface area contributed by atoms with Gasteiger partial charge in [-0.05, 0) is 41.9 Å². The second-order valence-electron chi connectivity index (χ2n) is 12.0. The third kappa shape index (κ3) is 2.85. The van der Waals surface area contributed by atoms with Crippen LogP contribution in [0, 0.1) is 5.41 Å². The molecule has 8 rings (SSSR count). The Morgan fingerprint density at radius 3 is 2.80 bits per heavy atom. The first-order valence-corrected chi connectivity index (χ1v) is 13.8. The molecule has 1 saturated heterocycles. The fourth-order valence-electron chi connectivity index (χ4n) is 7.83. The number of benzene rings is 1. The van der Waals surface area contributed by atoms with Crippen LogP contribution in [0.15, 0.2) is 18.5 Å². The van der Waals surface area contributed by atoms with Crippen LogP contribution in [-0.4, -0.2) is 76.4 Å². The molecule has 3 unspecified atom stereocenters. The Morgan fingerprint density at radius 2 is 2.02 bits per heavy atom. The highest BCUT2D eigenvalue weighted by atomic mass is 16.5. The van der Waals surface area contributed by atoms with E-state index in [4.69, 9.17) is 4.74 Å². The van der Waals surface area contributed by atoms with Crippen LogP contribution in [0.2, 0.25) is 0 Å². The van der Waals surface area contributed by atoms with Crippen molar-refractivity contribution in [3.8, 4) is 0 Å². The molecule has 0 amide bonds. The summed E-state index contributed by atoms with van der Waals surface area (Å²) in [6.45, 7) is 1.68. The predicted octanol–water partition coefficient (Wildman–Crippen LogP) is 0.778. The molecule has 2 aromatic heterocycles. The van der Waals surface area contributed by atoms with Crippen molar-refractivity contribution in [1.82, 2.24) is 19.5 Å². The smallest absolute Gasteiger partial charge is 0.215 e. The summed E-state index contributed by atoms with van der Waals surface area (Å²) in [7, 11) is 0. The molecule has 12 heteroatoms. The molecule has 208 valence electrons. The van der Waals surface area contributed by atoms with E-state index >= 15 is 0 Å². The van der Waals surface area contributed by atoms with Gasteiger partial charge in [0.25, 0.3) is 0 Å². The minimum absolute atomic E-state index is 0.0423. The molecule has 8 atom stereocenters. The van der Waals surface area contributed by atoms with Gasteiger partial charge >= 0.3 is 0 Å². The van der Waals surface area contributed by atoms with Crippen molar-refractivity contribution in [1.29, 1.82) is 0 Å². The number of nitrogens with one attached hydrogen (secondary N) is 1. The molecule has 2 fully saturated rings. The lowest BCUT2D eigenvalue weighted by atomic mass is 9.63. The van der Waals surface area contributed by atoms with Crippen molar-refractivity contribution in [2.75, 3.05) is 11.9 Å². The number of hydrogen-bond acceptors (Lipinski definition) is 11. The lowest BCUT2D eigenvalue weighted by Crippen LogP contribution is -2.55. The Bertz CT molecular complexity index is 1640. The zero-order valence-corrected chi connectivity index (χ0v) is 21.7. The number of rotatable bonds is 2. The second-order valence-corrected chi connectivity index (χ2v) is 12.0. The molecular weight excluding hydrogens is 518 g/mol. The maximum absolute atomic E-state index is 14.0. The number of carbonyl (C=O) groups is 2. The van der Waals surface area contributed by atoms with Crippen LogP contribution >= 0.6 is 0 Å². The van der Waals surface area contributed by atoms with Crippen LogP contribution in [0.25, 0.3) is 11.2 Å². The van der Waals surface area contributed by atoms with Crippen LogP contribution in [-0.2, 0) is 21.6 Å². The van der Waals surface area contributed by atoms with Crippen molar-refractivity contribution < 1.29 is 34.8 Å². The topological polar surface area (TPSA) is 180 Å². The standard InChI is InChI=1S/C28H29N5O7/c1-27-7-6-12-11(14(27)4-5-17(27)36)2-3-13-19(12)20-23(38)28(39,22(13)37)26-31-24(30-20)21-25(32-26)33(10-29-21)18-8-15(35)16(9-34)40-18/h2-3,10,14-16,18,20,23,34-35,38-39H,4-9H2,1H3,(H,30,31,32)/t14-,15-,16+,18+,20?,23?,27-,28?/m0/s1. The Labute approximate surface area is 228 Å². The Balaban J connectivity index is 1.29. The summed E-state index contributed by atoms with van der Waals surface area (Å²) in [5.74, 6) is -0.365. The third-order valence-electron chi connectivity index (χ3n) is 10.1. The maximum Gasteiger partial charge on any atom is 0.215 e. The molecule has 0 radical (unpaired) electrons. The highest BCUT2D eigenvalue weighted by Crippen LogP contribution is 2.56. The quantitative estimate of drug-likeness (QED) is 0.306. The summed E-state index contributed by atoms with van der Waals surface area (Å²) in [5, 5.41) is 46.6. The molecule has 5 aliphatic rings. The van der Waals surface area contributed by atoms with Gasteiger partial charge in [0.15, 0.2) is 22.8 Å². The first-order chi connectivity index (χ1) is 19.2. The van der Waals surface area contributed by atoms with Crippen LogP contribution in [0.3, 0.4) is 0 Å². The van der Waals surface area contributed by atoms with Crippen molar-refractivity contribution in [2.45, 2.75) is 81.1 Å². The van der Waals surface area contributed by atoms with E-state index in [1.54, 1.807) is 10.6 Å². The highest BCUT2D eigenvalue weighted by molar-refractivity contribution is 6.07. The molecule has 40 heavy (non-hydrogen) atoms. The van der Waals surface area contributed by atoms with Crippen molar-refractivity contribution in [3.63, 3.8) is 0 Å². The molecule has 1 saturated carbocycles. The van der Waals surface area contributed by atoms with Crippen LogP contribution < -0.4 is 5.32 Å². The van der Waals surface area contributed by atoms with E-state index in [1.807, 2.05) is 13.0 Å². The lowest BCUT2D eigenvalue weighted by molar-refractivity contribution is -0.126. The number of ether oxygens (including phenoxy) is 1. The van der Waals surface area contributed by atoms with Gasteiger partial charge in [0, 0.05) is 23.8 Å². The molecule has 3 aliphatic carbocycles. The van der Waals surface area contributed by atoms with E-state index in [2.05, 4.69) is 20.3 Å². The number of nitrogens with zero attached hydrogens (tertiary/aromatic N) is 4. The van der Waals surface area contributed by atoms with E-state index in [9.17, 15) is 30.0 Å². The van der Waals surface area contributed by atoms with E-state index < -0.39 is 47.4 Å². The van der Waals surface area contributed by atoms with Gasteiger partial charge in [0.2, 0.25) is 11.4 Å². The predicted molar refractivity (Wildman–Crippen MR) is 137 cm³/mol. The first-order valence-electron chi connectivity index (χ1n) is 13.8. The fourth-order valence-corrected chi connectivity index (χ4v) is 7.83. The molecule has 3 aromatic rings. The van der Waals surface area contributed by atoms with Crippen LogP contribution in [0.1, 0.15) is 83.7 Å². The summed E-state index contributed by atoms with van der Waals surface area (Å²) in [4.78, 5) is 40.2. The maximum atomic E-state index is 14.0. The van der Waals surface area contributed by atoms with Crippen molar-refractivity contribution >= 4 is 28.5 Å². The molecule has 0 spiro atoms. The zero-order chi connectivity index (χ0) is 27.7. The van der Waals surface area contributed by atoms with Gasteiger partial charge < -0.3 is 30.5 Å². The average Bonchev–Trinajstić information content (AvgIpc) is 3.62. The minimum atomic E-state index is -2.41. The van der Waals surface area contributed by atoms with Gasteiger partial charge in [-0.3, -0.25) is 14.2 Å². The monoisotopic (exact) mass is 547 g/mol. The van der Waals surface area contributed by atoms with Gasteiger partial charge in [0.05, 0.1) is 25.1 Å². The van der Waals surface area contributed by atoms with Crippen molar-refractivity contribution in [3.05, 3.63) is 46.5 Å². The van der Waals surface area contributed by atoms with E-state index in [-0.39, 0.29) is 42.0 Å². The summed E-state index contributed by atoms with van der Waals surface area (Å²) in [6.07, 6.45) is 0.275. The van der Waals surface area contributed by atoms with Gasteiger partial charge in [0.1, 0.15) is 24.2 Å². The lowest BCUT2D eigenvalue weighted by Gasteiger charge is -2.43. The van der Waals surface area contributed by atoms with Gasteiger partial charge in [-0.1, -0.05) is 19.1 Å².